The summed E-state index contributed by atoms with van der Waals surface area (Å²) in [4.78, 5) is 0. The molecular formula is C6H14O2S. The van der Waals surface area contributed by atoms with Gasteiger partial charge in [-0.05, 0) is 24.5 Å². The van der Waals surface area contributed by atoms with Crippen LogP contribution in [0.3, 0.4) is 0 Å². The van der Waals surface area contributed by atoms with E-state index in [0.29, 0.717) is 6.42 Å². The van der Waals surface area contributed by atoms with E-state index in [1.807, 2.05) is 0 Å². The molecule has 0 aliphatic rings. The zero-order chi connectivity index (χ0) is 7.11. The van der Waals surface area contributed by atoms with Crippen molar-refractivity contribution < 1.29 is 10.2 Å². The van der Waals surface area contributed by atoms with Gasteiger partial charge in [0.05, 0.1) is 0 Å². The van der Waals surface area contributed by atoms with Crippen LogP contribution in [0.25, 0.3) is 0 Å². The number of hydrogen-bond donors (Lipinski definition) is 3. The fourth-order valence-electron chi connectivity index (χ4n) is 0.692. The normalized spacial score (nSPS) is 13.7. The molecule has 1 unspecified atom stereocenters. The first-order valence-electron chi connectivity index (χ1n) is 3.17. The summed E-state index contributed by atoms with van der Waals surface area (Å²) in [5.41, 5.74) is 0. The zero-order valence-electron chi connectivity index (χ0n) is 5.45. The van der Waals surface area contributed by atoms with Gasteiger partial charge in [-0.15, -0.1) is 0 Å². The van der Waals surface area contributed by atoms with Crippen molar-refractivity contribution in [2.45, 2.75) is 12.8 Å². The third kappa shape index (κ3) is 4.75. The highest BCUT2D eigenvalue weighted by molar-refractivity contribution is 7.80. The molecule has 0 bridgehead atoms. The van der Waals surface area contributed by atoms with Crippen LogP contribution in [0.1, 0.15) is 12.8 Å². The Bertz CT molecular complexity index is 53.0. The fraction of sp³-hybridized carbons (Fsp3) is 1.00. The van der Waals surface area contributed by atoms with Crippen LogP contribution in [-0.4, -0.2) is 29.2 Å². The van der Waals surface area contributed by atoms with Crippen molar-refractivity contribution in [2.24, 2.45) is 5.92 Å². The molecule has 0 aromatic heterocycles. The Hall–Kier alpha value is 0.270. The Labute approximate surface area is 61.3 Å². The van der Waals surface area contributed by atoms with Crippen molar-refractivity contribution in [1.82, 2.24) is 0 Å². The van der Waals surface area contributed by atoms with Crippen LogP contribution in [-0.2, 0) is 0 Å². The van der Waals surface area contributed by atoms with Crippen molar-refractivity contribution in [1.29, 1.82) is 0 Å². The van der Waals surface area contributed by atoms with Gasteiger partial charge in [-0.1, -0.05) is 0 Å². The van der Waals surface area contributed by atoms with Gasteiger partial charge in [-0.25, -0.2) is 0 Å². The molecule has 0 radical (unpaired) electrons. The third-order valence-electron chi connectivity index (χ3n) is 1.33. The molecule has 0 aromatic carbocycles. The van der Waals surface area contributed by atoms with E-state index in [2.05, 4.69) is 12.6 Å². The Morgan fingerprint density at radius 2 is 1.89 bits per heavy atom. The Morgan fingerprint density at radius 1 is 1.22 bits per heavy atom. The molecule has 0 amide bonds. The van der Waals surface area contributed by atoms with Gasteiger partial charge in [-0.3, -0.25) is 0 Å². The summed E-state index contributed by atoms with van der Waals surface area (Å²) in [6.45, 7) is 0.333. The molecule has 0 aliphatic heterocycles. The lowest BCUT2D eigenvalue weighted by Gasteiger charge is -2.09. The molecule has 9 heavy (non-hydrogen) atoms. The van der Waals surface area contributed by atoms with Gasteiger partial charge in [0.25, 0.3) is 0 Å². The molecule has 0 saturated carbocycles. The average molecular weight is 150 g/mol. The first-order valence-corrected chi connectivity index (χ1v) is 3.81. The second kappa shape index (κ2) is 6.39. The van der Waals surface area contributed by atoms with Gasteiger partial charge in [0, 0.05) is 13.2 Å². The number of thiol groups is 1. The van der Waals surface area contributed by atoms with E-state index in [1.165, 1.54) is 0 Å². The Kier molecular flexibility index (Phi) is 6.58. The topological polar surface area (TPSA) is 40.5 Å². The molecule has 3 heteroatoms. The van der Waals surface area contributed by atoms with Gasteiger partial charge in [0.1, 0.15) is 0 Å². The second-order valence-electron chi connectivity index (χ2n) is 2.07. The quantitative estimate of drug-likeness (QED) is 0.493. The van der Waals surface area contributed by atoms with Gasteiger partial charge >= 0.3 is 0 Å². The summed E-state index contributed by atoms with van der Waals surface area (Å²) >= 11 is 4.01. The molecule has 0 fully saturated rings. The van der Waals surface area contributed by atoms with Crippen molar-refractivity contribution in [3.05, 3.63) is 0 Å². The Balaban J connectivity index is 3.18. The second-order valence-corrected chi connectivity index (χ2v) is 2.52. The van der Waals surface area contributed by atoms with Crippen LogP contribution >= 0.6 is 12.6 Å². The minimum Gasteiger partial charge on any atom is -0.396 e. The lowest BCUT2D eigenvalue weighted by atomic mass is 10.0. The standard InChI is InChI=1S/C6H14O2S/c7-3-1-6(5-8)2-4-9/h6-9H,1-5H2. The molecule has 2 N–H and O–H groups in total. The van der Waals surface area contributed by atoms with Gasteiger partial charge in [0.2, 0.25) is 0 Å². The largest absolute Gasteiger partial charge is 0.396 e. The van der Waals surface area contributed by atoms with E-state index >= 15 is 0 Å². The molecule has 1 atom stereocenters. The summed E-state index contributed by atoms with van der Waals surface area (Å²) < 4.78 is 0. The fourth-order valence-corrected chi connectivity index (χ4v) is 1.06. The van der Waals surface area contributed by atoms with Crippen LogP contribution in [0.4, 0.5) is 0 Å². The van der Waals surface area contributed by atoms with Crippen LogP contribution in [0.15, 0.2) is 0 Å². The maximum Gasteiger partial charge on any atom is 0.0460 e. The predicted octanol–water partition coefficient (Wildman–Crippen LogP) is 0.297. The smallest absolute Gasteiger partial charge is 0.0460 e. The van der Waals surface area contributed by atoms with E-state index in [1.54, 1.807) is 0 Å². The lowest BCUT2D eigenvalue weighted by Crippen LogP contribution is -2.08. The highest BCUT2D eigenvalue weighted by Crippen LogP contribution is 2.06. The molecule has 2 nitrogen and oxygen atoms in total. The number of aliphatic hydroxyl groups is 2. The molecular weight excluding hydrogens is 136 g/mol. The van der Waals surface area contributed by atoms with Crippen LogP contribution < -0.4 is 0 Å². The summed E-state index contributed by atoms with van der Waals surface area (Å²) in [5, 5.41) is 17.1. The predicted molar refractivity (Wildman–Crippen MR) is 40.7 cm³/mol. The maximum atomic E-state index is 8.64. The van der Waals surface area contributed by atoms with Crippen molar-refractivity contribution in [2.75, 3.05) is 19.0 Å². The molecule has 56 valence electrons. The van der Waals surface area contributed by atoms with Crippen molar-refractivity contribution >= 4 is 12.6 Å². The highest BCUT2D eigenvalue weighted by Gasteiger charge is 2.03. The molecule has 0 aliphatic carbocycles. The molecule has 0 spiro atoms. The molecule has 0 aromatic rings. The summed E-state index contributed by atoms with van der Waals surface area (Å²) in [7, 11) is 0. The first kappa shape index (κ1) is 9.27. The van der Waals surface area contributed by atoms with Gasteiger partial charge < -0.3 is 10.2 Å². The van der Waals surface area contributed by atoms with E-state index in [0.717, 1.165) is 12.2 Å². The van der Waals surface area contributed by atoms with Crippen molar-refractivity contribution in [3.8, 4) is 0 Å². The lowest BCUT2D eigenvalue weighted by molar-refractivity contribution is 0.181. The van der Waals surface area contributed by atoms with Gasteiger partial charge in [-0.2, -0.15) is 12.6 Å². The highest BCUT2D eigenvalue weighted by atomic mass is 32.1. The average Bonchev–Trinajstić information content (AvgIpc) is 1.88. The molecule has 0 heterocycles. The summed E-state index contributed by atoms with van der Waals surface area (Å²) in [5.74, 6) is 1.03. The van der Waals surface area contributed by atoms with Crippen LogP contribution in [0.2, 0.25) is 0 Å². The molecule has 0 saturated heterocycles. The van der Waals surface area contributed by atoms with E-state index < -0.39 is 0 Å². The van der Waals surface area contributed by atoms with Gasteiger partial charge in [0.15, 0.2) is 0 Å². The minimum atomic E-state index is 0.166. The summed E-state index contributed by atoms with van der Waals surface area (Å²) in [6, 6.07) is 0. The number of aliphatic hydroxyl groups excluding tert-OH is 2. The van der Waals surface area contributed by atoms with E-state index in [-0.39, 0.29) is 19.1 Å². The number of rotatable bonds is 5. The van der Waals surface area contributed by atoms with Crippen molar-refractivity contribution in [3.63, 3.8) is 0 Å². The maximum absolute atomic E-state index is 8.64. The minimum absolute atomic E-state index is 0.166. The Morgan fingerprint density at radius 3 is 2.22 bits per heavy atom. The van der Waals surface area contributed by atoms with Crippen LogP contribution in [0.5, 0.6) is 0 Å². The zero-order valence-corrected chi connectivity index (χ0v) is 6.35. The van der Waals surface area contributed by atoms with E-state index in [4.69, 9.17) is 10.2 Å². The first-order chi connectivity index (χ1) is 4.35. The monoisotopic (exact) mass is 150 g/mol. The van der Waals surface area contributed by atoms with E-state index in [9.17, 15) is 0 Å². The third-order valence-corrected chi connectivity index (χ3v) is 1.59. The summed E-state index contributed by atoms with van der Waals surface area (Å²) in [6.07, 6.45) is 1.58. The molecule has 0 rings (SSSR count). The SMILES string of the molecule is OCCC(CO)CCS. The van der Waals surface area contributed by atoms with Crippen LogP contribution in [0, 0.1) is 5.92 Å². The number of hydrogen-bond acceptors (Lipinski definition) is 3.